The molecule has 1 rings (SSSR count). The molecule has 0 aromatic carbocycles. The zero-order valence-corrected chi connectivity index (χ0v) is 8.71. The predicted molar refractivity (Wildman–Crippen MR) is 52.7 cm³/mol. The van der Waals surface area contributed by atoms with Crippen molar-refractivity contribution in [2.75, 3.05) is 0 Å². The van der Waals surface area contributed by atoms with Gasteiger partial charge in [-0.1, -0.05) is 20.3 Å². The number of hydrogen-bond acceptors (Lipinski definition) is 2. The first-order chi connectivity index (χ1) is 6.15. The summed E-state index contributed by atoms with van der Waals surface area (Å²) in [5, 5.41) is 10.0. The quantitative estimate of drug-likeness (QED) is 0.812. The van der Waals surface area contributed by atoms with E-state index >= 15 is 0 Å². The summed E-state index contributed by atoms with van der Waals surface area (Å²) >= 11 is 5.73. The third kappa shape index (κ3) is 2.75. The molecule has 1 N–H and O–H groups in total. The smallest absolute Gasteiger partial charge is 0.198 e. The Hall–Kier alpha value is -0.470. The Morgan fingerprint density at radius 1 is 1.62 bits per heavy atom. The van der Waals surface area contributed by atoms with E-state index in [0.717, 1.165) is 12.8 Å². The molecule has 2 unspecified atom stereocenters. The second-order valence-corrected chi connectivity index (χ2v) is 3.76. The summed E-state index contributed by atoms with van der Waals surface area (Å²) in [6, 6.07) is 1.72. The van der Waals surface area contributed by atoms with Crippen LogP contribution in [-0.2, 0) is 0 Å². The highest BCUT2D eigenvalue weighted by Crippen LogP contribution is 2.28. The Labute approximate surface area is 83.5 Å². The second kappa shape index (κ2) is 4.68. The van der Waals surface area contributed by atoms with E-state index in [1.54, 1.807) is 6.07 Å². The molecule has 1 heterocycles. The van der Waals surface area contributed by atoms with Gasteiger partial charge in [-0.25, -0.2) is 0 Å². The highest BCUT2D eigenvalue weighted by Gasteiger charge is 2.15. The van der Waals surface area contributed by atoms with Gasteiger partial charge in [0.2, 0.25) is 0 Å². The van der Waals surface area contributed by atoms with Gasteiger partial charge in [-0.3, -0.25) is 0 Å². The maximum atomic E-state index is 9.75. The van der Waals surface area contributed by atoms with Crippen molar-refractivity contribution in [2.45, 2.75) is 32.8 Å². The summed E-state index contributed by atoms with van der Waals surface area (Å²) in [7, 11) is 0. The molecular formula is C10H15ClO2. The summed E-state index contributed by atoms with van der Waals surface area (Å²) in [4.78, 5) is 0. The molecule has 0 amide bonds. The lowest BCUT2D eigenvalue weighted by molar-refractivity contribution is 0.146. The van der Waals surface area contributed by atoms with Crippen LogP contribution in [0.2, 0.25) is 5.22 Å². The van der Waals surface area contributed by atoms with Gasteiger partial charge in [-0.05, 0) is 30.0 Å². The number of halogens is 1. The molecule has 2 atom stereocenters. The van der Waals surface area contributed by atoms with Crippen molar-refractivity contribution in [2.24, 2.45) is 5.92 Å². The molecule has 2 nitrogen and oxygen atoms in total. The number of aliphatic hydroxyl groups excluding tert-OH is 1. The largest absolute Gasteiger partial charge is 0.453 e. The fraction of sp³-hybridized carbons (Fsp3) is 0.600. The molecule has 0 radical (unpaired) electrons. The van der Waals surface area contributed by atoms with Gasteiger partial charge in [0.05, 0.1) is 12.4 Å². The van der Waals surface area contributed by atoms with Crippen molar-refractivity contribution >= 4 is 11.6 Å². The highest BCUT2D eigenvalue weighted by atomic mass is 35.5. The van der Waals surface area contributed by atoms with Gasteiger partial charge in [-0.15, -0.1) is 0 Å². The summed E-state index contributed by atoms with van der Waals surface area (Å²) < 4.78 is 4.91. The van der Waals surface area contributed by atoms with Crippen LogP contribution in [0.1, 0.15) is 38.4 Å². The predicted octanol–water partition coefficient (Wildman–Crippen LogP) is 3.40. The lowest BCUT2D eigenvalue weighted by Crippen LogP contribution is -2.03. The molecule has 74 valence electrons. The van der Waals surface area contributed by atoms with E-state index in [2.05, 4.69) is 13.8 Å². The minimum atomic E-state index is -0.499. The van der Waals surface area contributed by atoms with Gasteiger partial charge in [0, 0.05) is 5.56 Å². The Bertz CT molecular complexity index is 257. The van der Waals surface area contributed by atoms with E-state index < -0.39 is 6.10 Å². The summed E-state index contributed by atoms with van der Waals surface area (Å²) in [6.07, 6.45) is 2.79. The normalized spacial score (nSPS) is 15.7. The minimum Gasteiger partial charge on any atom is -0.453 e. The molecule has 1 aromatic rings. The second-order valence-electron chi connectivity index (χ2n) is 3.41. The first-order valence-electron chi connectivity index (χ1n) is 4.56. The molecule has 3 heteroatoms. The Morgan fingerprint density at radius 3 is 2.77 bits per heavy atom. The Kier molecular flexibility index (Phi) is 3.82. The monoisotopic (exact) mass is 202 g/mol. The summed E-state index contributed by atoms with van der Waals surface area (Å²) in [5.41, 5.74) is 0.696. The number of aliphatic hydroxyl groups is 1. The lowest BCUT2D eigenvalue weighted by atomic mass is 9.98. The van der Waals surface area contributed by atoms with E-state index in [-0.39, 0.29) is 0 Å². The van der Waals surface area contributed by atoms with Gasteiger partial charge in [0.15, 0.2) is 5.22 Å². The van der Waals surface area contributed by atoms with Gasteiger partial charge >= 0.3 is 0 Å². The minimum absolute atomic E-state index is 0.302. The molecular weight excluding hydrogens is 188 g/mol. The molecule has 0 aliphatic rings. The van der Waals surface area contributed by atoms with Crippen molar-refractivity contribution in [3.05, 3.63) is 23.1 Å². The van der Waals surface area contributed by atoms with Gasteiger partial charge in [0.25, 0.3) is 0 Å². The van der Waals surface area contributed by atoms with Crippen LogP contribution < -0.4 is 0 Å². The van der Waals surface area contributed by atoms with Crippen molar-refractivity contribution in [3.8, 4) is 0 Å². The Morgan fingerprint density at radius 2 is 2.31 bits per heavy atom. The van der Waals surface area contributed by atoms with Crippen LogP contribution in [0, 0.1) is 5.92 Å². The van der Waals surface area contributed by atoms with Crippen molar-refractivity contribution in [1.82, 2.24) is 0 Å². The van der Waals surface area contributed by atoms with Gasteiger partial charge < -0.3 is 9.52 Å². The van der Waals surface area contributed by atoms with Crippen molar-refractivity contribution in [1.29, 1.82) is 0 Å². The zero-order valence-electron chi connectivity index (χ0n) is 7.96. The van der Waals surface area contributed by atoms with Crippen LogP contribution in [0.15, 0.2) is 16.7 Å². The maximum absolute atomic E-state index is 9.75. The number of hydrogen-bond donors (Lipinski definition) is 1. The molecule has 0 aliphatic carbocycles. The van der Waals surface area contributed by atoms with E-state index in [1.165, 1.54) is 6.26 Å². The topological polar surface area (TPSA) is 33.4 Å². The van der Waals surface area contributed by atoms with Crippen LogP contribution in [0.5, 0.6) is 0 Å². The third-order valence-corrected chi connectivity index (χ3v) is 2.63. The summed E-state index contributed by atoms with van der Waals surface area (Å²) in [6.45, 7) is 4.21. The number of furan rings is 1. The molecule has 0 saturated carbocycles. The average molecular weight is 203 g/mol. The van der Waals surface area contributed by atoms with E-state index in [1.807, 2.05) is 0 Å². The molecule has 1 aromatic heterocycles. The Balaban J connectivity index is 2.58. The fourth-order valence-electron chi connectivity index (χ4n) is 1.22. The standard InChI is InChI=1S/C10H15ClO2/c1-3-7(2)6-9(12)8-4-5-13-10(8)11/h4-5,7,9,12H,3,6H2,1-2H3. The summed E-state index contributed by atoms with van der Waals surface area (Å²) in [5.74, 6) is 0.501. The molecule has 0 spiro atoms. The van der Waals surface area contributed by atoms with Crippen molar-refractivity contribution < 1.29 is 9.52 Å². The SMILES string of the molecule is CCC(C)CC(O)c1ccoc1Cl. The highest BCUT2D eigenvalue weighted by molar-refractivity contribution is 6.29. The first kappa shape index (κ1) is 10.6. The fourth-order valence-corrected chi connectivity index (χ4v) is 1.46. The van der Waals surface area contributed by atoms with Gasteiger partial charge in [0.1, 0.15) is 0 Å². The number of rotatable bonds is 4. The van der Waals surface area contributed by atoms with E-state index in [4.69, 9.17) is 16.0 Å². The first-order valence-corrected chi connectivity index (χ1v) is 4.93. The average Bonchev–Trinajstić information content (AvgIpc) is 2.51. The molecule has 0 aliphatic heterocycles. The molecule has 0 bridgehead atoms. The third-order valence-electron chi connectivity index (χ3n) is 2.33. The van der Waals surface area contributed by atoms with Crippen molar-refractivity contribution in [3.63, 3.8) is 0 Å². The maximum Gasteiger partial charge on any atom is 0.198 e. The lowest BCUT2D eigenvalue weighted by Gasteiger charge is -2.13. The van der Waals surface area contributed by atoms with Crippen LogP contribution in [0.4, 0.5) is 0 Å². The van der Waals surface area contributed by atoms with E-state index in [9.17, 15) is 5.11 Å². The van der Waals surface area contributed by atoms with Crippen LogP contribution >= 0.6 is 11.6 Å². The molecule has 0 fully saturated rings. The van der Waals surface area contributed by atoms with Crippen LogP contribution in [-0.4, -0.2) is 5.11 Å². The van der Waals surface area contributed by atoms with Gasteiger partial charge in [-0.2, -0.15) is 0 Å². The zero-order chi connectivity index (χ0) is 9.84. The van der Waals surface area contributed by atoms with E-state index in [0.29, 0.717) is 16.7 Å². The molecule has 13 heavy (non-hydrogen) atoms. The van der Waals surface area contributed by atoms with Crippen LogP contribution in [0.25, 0.3) is 0 Å². The molecule has 0 saturated heterocycles. The van der Waals surface area contributed by atoms with Crippen LogP contribution in [0.3, 0.4) is 0 Å².